The number of hydrazine groups is 1. The van der Waals surface area contributed by atoms with Gasteiger partial charge in [-0.15, -0.1) is 0 Å². The summed E-state index contributed by atoms with van der Waals surface area (Å²) in [6.45, 7) is 0. The van der Waals surface area contributed by atoms with Gasteiger partial charge in [0.25, 0.3) is 0 Å². The topological polar surface area (TPSA) is 93.1 Å². The Kier molecular flexibility index (Phi) is 5.82. The van der Waals surface area contributed by atoms with Crippen molar-refractivity contribution in [2.45, 2.75) is 10.4 Å². The summed E-state index contributed by atoms with van der Waals surface area (Å²) in [6, 6.07) is 12.6. The van der Waals surface area contributed by atoms with E-state index in [1.165, 1.54) is 35.6 Å². The summed E-state index contributed by atoms with van der Waals surface area (Å²) in [7, 11) is 0. The zero-order chi connectivity index (χ0) is 20.3. The lowest BCUT2D eigenvalue weighted by Gasteiger charge is -2.21. The molecular formula is C17H14ClF3N6S. The molecule has 11 heteroatoms. The van der Waals surface area contributed by atoms with E-state index >= 15 is 0 Å². The summed E-state index contributed by atoms with van der Waals surface area (Å²) in [5.41, 5.74) is 2.93. The standard InChI is InChI=1S/C17H14ClF3N6S/c18-12-3-1-2-4-13(12)27(23)16-14(22)15(24-9-25-16)26-10-5-7-11(8-6-10)28-17(19,20)21/h1-9H,22-23H2,(H,24,25,26). The summed E-state index contributed by atoms with van der Waals surface area (Å²) in [4.78, 5) is 8.23. The fourth-order valence-electron chi connectivity index (χ4n) is 2.32. The lowest BCUT2D eigenvalue weighted by atomic mass is 10.3. The van der Waals surface area contributed by atoms with E-state index in [4.69, 9.17) is 23.2 Å². The molecule has 146 valence electrons. The van der Waals surface area contributed by atoms with Crippen LogP contribution in [0.15, 0.2) is 59.8 Å². The zero-order valence-electron chi connectivity index (χ0n) is 14.1. The molecule has 6 nitrogen and oxygen atoms in total. The van der Waals surface area contributed by atoms with Gasteiger partial charge in [0.05, 0.1) is 10.7 Å². The van der Waals surface area contributed by atoms with Crippen LogP contribution >= 0.6 is 23.4 Å². The molecule has 3 aromatic rings. The van der Waals surface area contributed by atoms with Crippen LogP contribution in [0, 0.1) is 0 Å². The SMILES string of the molecule is Nc1c(Nc2ccc(SC(F)(F)F)cc2)ncnc1N(N)c1ccccc1Cl. The molecule has 0 radical (unpaired) electrons. The van der Waals surface area contributed by atoms with Crippen molar-refractivity contribution >= 4 is 52.1 Å². The minimum atomic E-state index is -4.34. The molecule has 5 N–H and O–H groups in total. The average Bonchev–Trinajstić information content (AvgIpc) is 2.64. The summed E-state index contributed by atoms with van der Waals surface area (Å²) in [6.07, 6.45) is 1.26. The van der Waals surface area contributed by atoms with Crippen LogP contribution in [0.5, 0.6) is 0 Å². The fourth-order valence-corrected chi connectivity index (χ4v) is 3.08. The van der Waals surface area contributed by atoms with Gasteiger partial charge in [-0.3, -0.25) is 5.01 Å². The smallest absolute Gasteiger partial charge is 0.393 e. The number of halogens is 4. The molecule has 0 amide bonds. The molecule has 0 atom stereocenters. The van der Waals surface area contributed by atoms with Crippen molar-refractivity contribution < 1.29 is 13.2 Å². The van der Waals surface area contributed by atoms with Crippen molar-refractivity contribution in [2.75, 3.05) is 16.1 Å². The van der Waals surface area contributed by atoms with Gasteiger partial charge < -0.3 is 11.1 Å². The minimum absolute atomic E-state index is 0.0706. The minimum Gasteiger partial charge on any atom is -0.393 e. The largest absolute Gasteiger partial charge is 0.446 e. The first kappa shape index (κ1) is 20.1. The van der Waals surface area contributed by atoms with E-state index in [1.54, 1.807) is 24.3 Å². The van der Waals surface area contributed by atoms with E-state index in [0.29, 0.717) is 16.4 Å². The summed E-state index contributed by atoms with van der Waals surface area (Å²) in [5.74, 6) is 6.57. The number of thioether (sulfide) groups is 1. The van der Waals surface area contributed by atoms with E-state index < -0.39 is 5.51 Å². The number of para-hydroxylation sites is 1. The second kappa shape index (κ2) is 8.13. The van der Waals surface area contributed by atoms with Crippen molar-refractivity contribution in [3.8, 4) is 0 Å². The molecule has 0 aliphatic rings. The normalized spacial score (nSPS) is 11.3. The highest BCUT2D eigenvalue weighted by Crippen LogP contribution is 2.38. The van der Waals surface area contributed by atoms with Crippen molar-refractivity contribution in [1.82, 2.24) is 9.97 Å². The van der Waals surface area contributed by atoms with Gasteiger partial charge in [0.2, 0.25) is 0 Å². The molecule has 1 heterocycles. The number of benzene rings is 2. The van der Waals surface area contributed by atoms with Crippen LogP contribution in [0.3, 0.4) is 0 Å². The Morgan fingerprint density at radius 2 is 1.71 bits per heavy atom. The Bertz CT molecular complexity index is 968. The highest BCUT2D eigenvalue weighted by atomic mass is 35.5. The predicted molar refractivity (Wildman–Crippen MR) is 106 cm³/mol. The third-order valence-electron chi connectivity index (χ3n) is 3.55. The summed E-state index contributed by atoms with van der Waals surface area (Å²) >= 11 is 5.96. The van der Waals surface area contributed by atoms with E-state index in [1.807, 2.05) is 0 Å². The van der Waals surface area contributed by atoms with Crippen molar-refractivity contribution in [1.29, 1.82) is 0 Å². The third-order valence-corrected chi connectivity index (χ3v) is 4.61. The van der Waals surface area contributed by atoms with Gasteiger partial charge in [-0.25, -0.2) is 15.8 Å². The number of rotatable bonds is 5. The molecule has 0 spiro atoms. The molecule has 0 bridgehead atoms. The highest BCUT2D eigenvalue weighted by Gasteiger charge is 2.29. The number of alkyl halides is 3. The highest BCUT2D eigenvalue weighted by molar-refractivity contribution is 8.00. The lowest BCUT2D eigenvalue weighted by Crippen LogP contribution is -2.27. The Balaban J connectivity index is 1.83. The second-order valence-corrected chi connectivity index (χ2v) is 7.02. The number of hydrogen-bond donors (Lipinski definition) is 3. The molecule has 0 fully saturated rings. The fraction of sp³-hybridized carbons (Fsp3) is 0.0588. The van der Waals surface area contributed by atoms with Gasteiger partial charge in [-0.05, 0) is 48.2 Å². The van der Waals surface area contributed by atoms with Crippen LogP contribution in [0.2, 0.25) is 5.02 Å². The Morgan fingerprint density at radius 3 is 2.36 bits per heavy atom. The Hall–Kier alpha value is -2.69. The predicted octanol–water partition coefficient (Wildman–Crippen LogP) is 5.08. The molecule has 28 heavy (non-hydrogen) atoms. The van der Waals surface area contributed by atoms with Gasteiger partial charge >= 0.3 is 5.51 Å². The van der Waals surface area contributed by atoms with Gasteiger partial charge in [0.1, 0.15) is 12.0 Å². The van der Waals surface area contributed by atoms with Crippen molar-refractivity contribution in [2.24, 2.45) is 5.84 Å². The number of nitrogen functional groups attached to an aromatic ring is 1. The molecule has 0 aliphatic heterocycles. The second-order valence-electron chi connectivity index (χ2n) is 5.48. The van der Waals surface area contributed by atoms with E-state index in [-0.39, 0.29) is 34.0 Å². The van der Waals surface area contributed by atoms with Crippen LogP contribution in [-0.4, -0.2) is 15.5 Å². The molecule has 0 aliphatic carbocycles. The van der Waals surface area contributed by atoms with Gasteiger partial charge in [0.15, 0.2) is 11.6 Å². The van der Waals surface area contributed by atoms with E-state index in [9.17, 15) is 13.2 Å². The Morgan fingerprint density at radius 1 is 1.04 bits per heavy atom. The zero-order valence-corrected chi connectivity index (χ0v) is 15.7. The molecule has 1 aromatic heterocycles. The number of hydrogen-bond acceptors (Lipinski definition) is 7. The lowest BCUT2D eigenvalue weighted by molar-refractivity contribution is -0.0328. The van der Waals surface area contributed by atoms with Crippen LogP contribution in [-0.2, 0) is 0 Å². The average molecular weight is 427 g/mol. The quantitative estimate of drug-likeness (QED) is 0.297. The number of aromatic nitrogens is 2. The van der Waals surface area contributed by atoms with Crippen LogP contribution in [0.1, 0.15) is 0 Å². The first-order valence-electron chi connectivity index (χ1n) is 7.77. The first-order valence-corrected chi connectivity index (χ1v) is 8.97. The molecular weight excluding hydrogens is 413 g/mol. The molecule has 0 saturated carbocycles. The third kappa shape index (κ3) is 4.77. The van der Waals surface area contributed by atoms with Gasteiger partial charge in [-0.1, -0.05) is 23.7 Å². The van der Waals surface area contributed by atoms with Crippen molar-refractivity contribution in [3.63, 3.8) is 0 Å². The number of nitrogens with one attached hydrogen (secondary N) is 1. The van der Waals surface area contributed by atoms with Crippen LogP contribution in [0.4, 0.5) is 41.9 Å². The molecule has 3 rings (SSSR count). The summed E-state index contributed by atoms with van der Waals surface area (Å²) < 4.78 is 37.3. The summed E-state index contributed by atoms with van der Waals surface area (Å²) in [5, 5.41) is 4.58. The van der Waals surface area contributed by atoms with Crippen molar-refractivity contribution in [3.05, 3.63) is 59.9 Å². The van der Waals surface area contributed by atoms with Crippen LogP contribution < -0.4 is 21.9 Å². The van der Waals surface area contributed by atoms with Gasteiger partial charge in [0, 0.05) is 10.6 Å². The van der Waals surface area contributed by atoms with Crippen LogP contribution in [0.25, 0.3) is 0 Å². The maximum atomic E-state index is 12.4. The number of nitrogens with two attached hydrogens (primary N) is 2. The maximum absolute atomic E-state index is 12.4. The molecule has 0 unspecified atom stereocenters. The van der Waals surface area contributed by atoms with E-state index in [2.05, 4.69) is 15.3 Å². The molecule has 0 saturated heterocycles. The molecule has 2 aromatic carbocycles. The number of anilines is 5. The first-order chi connectivity index (χ1) is 13.2. The number of nitrogens with zero attached hydrogens (tertiary/aromatic N) is 3. The monoisotopic (exact) mass is 426 g/mol. The van der Waals surface area contributed by atoms with E-state index in [0.717, 1.165) is 0 Å². The van der Waals surface area contributed by atoms with Gasteiger partial charge in [-0.2, -0.15) is 13.2 Å². The maximum Gasteiger partial charge on any atom is 0.446 e. The Labute approximate surface area is 167 Å².